The number of hydrogen-bond donors (Lipinski definition) is 2. The molecule has 0 fully saturated rings. The van der Waals surface area contributed by atoms with Gasteiger partial charge in [0.05, 0.1) is 12.3 Å². The van der Waals surface area contributed by atoms with E-state index < -0.39 is 0 Å². The highest BCUT2D eigenvalue weighted by Gasteiger charge is 2.17. The summed E-state index contributed by atoms with van der Waals surface area (Å²) in [6.45, 7) is 4.13. The monoisotopic (exact) mass is 286 g/mol. The van der Waals surface area contributed by atoms with E-state index in [-0.39, 0.29) is 19.1 Å². The second-order valence-corrected chi connectivity index (χ2v) is 4.50. The second kappa shape index (κ2) is 6.71. The van der Waals surface area contributed by atoms with Crippen molar-refractivity contribution >= 4 is 11.6 Å². The number of nitrogens with two attached hydrogens (primary N) is 1. The summed E-state index contributed by atoms with van der Waals surface area (Å²) in [5.41, 5.74) is 7.45. The Kier molecular flexibility index (Phi) is 4.73. The minimum Gasteiger partial charge on any atom is -0.399 e. The van der Waals surface area contributed by atoms with Gasteiger partial charge in [-0.3, -0.25) is 4.79 Å². The van der Waals surface area contributed by atoms with E-state index in [1.54, 1.807) is 35.2 Å². The zero-order chi connectivity index (χ0) is 15.2. The number of aliphatic hydroxyl groups is 1. The molecule has 6 heteroatoms. The van der Waals surface area contributed by atoms with Gasteiger partial charge in [0.2, 0.25) is 0 Å². The molecule has 1 aromatic heterocycles. The number of carbonyl (C=O) groups is 1. The van der Waals surface area contributed by atoms with Crippen LogP contribution in [0, 0.1) is 0 Å². The van der Waals surface area contributed by atoms with Gasteiger partial charge in [-0.2, -0.15) is 5.10 Å². The summed E-state index contributed by atoms with van der Waals surface area (Å²) in [4.78, 5) is 13.8. The molecule has 0 unspecified atom stereocenters. The molecule has 0 saturated heterocycles. The number of nitrogens with zero attached hydrogens (tertiary/aromatic N) is 3. The van der Waals surface area contributed by atoms with Crippen molar-refractivity contribution in [1.29, 1.82) is 0 Å². The maximum atomic E-state index is 12.3. The summed E-state index contributed by atoms with van der Waals surface area (Å²) in [7, 11) is 0. The van der Waals surface area contributed by atoms with Crippen LogP contribution in [0.4, 0.5) is 5.69 Å². The van der Waals surface area contributed by atoms with Gasteiger partial charge < -0.3 is 15.7 Å². The molecule has 21 heavy (non-hydrogen) atoms. The molecule has 1 heterocycles. The number of anilines is 1. The zero-order valence-corrected chi connectivity index (χ0v) is 11.6. The topological polar surface area (TPSA) is 84.4 Å². The lowest BCUT2D eigenvalue weighted by molar-refractivity contribution is 0.0736. The van der Waals surface area contributed by atoms with Crippen molar-refractivity contribution in [2.45, 2.75) is 0 Å². The van der Waals surface area contributed by atoms with Crippen LogP contribution in [0.3, 0.4) is 0 Å². The molecule has 2 aromatic rings. The summed E-state index contributed by atoms with van der Waals surface area (Å²) in [5.74, 6) is -0.238. The van der Waals surface area contributed by atoms with E-state index in [4.69, 9.17) is 10.8 Å². The summed E-state index contributed by atoms with van der Waals surface area (Å²) in [6.07, 6.45) is 3.33. The molecule has 0 bridgehead atoms. The van der Waals surface area contributed by atoms with Crippen LogP contribution in [0.25, 0.3) is 5.69 Å². The van der Waals surface area contributed by atoms with Crippen molar-refractivity contribution in [1.82, 2.24) is 14.7 Å². The van der Waals surface area contributed by atoms with E-state index in [9.17, 15) is 4.79 Å². The van der Waals surface area contributed by atoms with Crippen LogP contribution in [0.15, 0.2) is 49.2 Å². The van der Waals surface area contributed by atoms with E-state index in [1.807, 2.05) is 12.1 Å². The Morgan fingerprint density at radius 2 is 2.10 bits per heavy atom. The Hall–Kier alpha value is -2.60. The predicted molar refractivity (Wildman–Crippen MR) is 81.2 cm³/mol. The quantitative estimate of drug-likeness (QED) is 0.614. The van der Waals surface area contributed by atoms with Crippen molar-refractivity contribution in [3.05, 3.63) is 54.9 Å². The number of hydrogen-bond acceptors (Lipinski definition) is 4. The van der Waals surface area contributed by atoms with Crippen LogP contribution in [-0.4, -0.2) is 45.4 Å². The molecular formula is C15H18N4O2. The molecule has 1 aromatic carbocycles. The molecule has 0 radical (unpaired) electrons. The standard InChI is InChI=1S/C15H18N4O2/c1-2-8-18(10-11-20)15(21)14-7-9-19(17-14)13-5-3-12(16)4-6-13/h2-7,9,20H,1,8,10-11,16H2. The van der Waals surface area contributed by atoms with Crippen molar-refractivity contribution < 1.29 is 9.90 Å². The first kappa shape index (κ1) is 14.8. The van der Waals surface area contributed by atoms with Gasteiger partial charge in [-0.25, -0.2) is 4.68 Å². The SMILES string of the molecule is C=CCN(CCO)C(=O)c1ccn(-c2ccc(N)cc2)n1. The lowest BCUT2D eigenvalue weighted by Gasteiger charge is -2.18. The van der Waals surface area contributed by atoms with Gasteiger partial charge in [0.1, 0.15) is 0 Å². The molecule has 3 N–H and O–H groups in total. The minimum absolute atomic E-state index is 0.0990. The molecule has 6 nitrogen and oxygen atoms in total. The molecule has 0 saturated carbocycles. The van der Waals surface area contributed by atoms with Gasteiger partial charge >= 0.3 is 0 Å². The lowest BCUT2D eigenvalue weighted by Crippen LogP contribution is -2.34. The highest BCUT2D eigenvalue weighted by Crippen LogP contribution is 2.11. The Labute approximate surface area is 123 Å². The lowest BCUT2D eigenvalue weighted by atomic mass is 10.3. The summed E-state index contributed by atoms with van der Waals surface area (Å²) >= 11 is 0. The highest BCUT2D eigenvalue weighted by molar-refractivity contribution is 5.92. The molecule has 110 valence electrons. The second-order valence-electron chi connectivity index (χ2n) is 4.50. The molecule has 1 amide bonds. The molecular weight excluding hydrogens is 268 g/mol. The average Bonchev–Trinajstić information content (AvgIpc) is 2.97. The van der Waals surface area contributed by atoms with E-state index >= 15 is 0 Å². The van der Waals surface area contributed by atoms with Gasteiger partial charge in [0.25, 0.3) is 5.91 Å². The molecule has 0 spiro atoms. The Bertz CT molecular complexity index is 619. The van der Waals surface area contributed by atoms with Crippen molar-refractivity contribution in [2.75, 3.05) is 25.4 Å². The number of nitrogen functional groups attached to an aromatic ring is 1. The van der Waals surface area contributed by atoms with Crippen LogP contribution in [0.1, 0.15) is 10.5 Å². The van der Waals surface area contributed by atoms with Gasteiger partial charge in [-0.15, -0.1) is 6.58 Å². The fourth-order valence-electron chi connectivity index (χ4n) is 1.92. The fourth-order valence-corrected chi connectivity index (χ4v) is 1.92. The minimum atomic E-state index is -0.238. The third kappa shape index (κ3) is 3.49. The van der Waals surface area contributed by atoms with E-state index in [1.165, 1.54) is 4.90 Å². The summed E-state index contributed by atoms with van der Waals surface area (Å²) in [6, 6.07) is 8.84. The zero-order valence-electron chi connectivity index (χ0n) is 11.6. The van der Waals surface area contributed by atoms with Crippen LogP contribution >= 0.6 is 0 Å². The first-order chi connectivity index (χ1) is 10.2. The van der Waals surface area contributed by atoms with E-state index in [0.29, 0.717) is 17.9 Å². The third-order valence-corrected chi connectivity index (χ3v) is 2.97. The predicted octanol–water partition coefficient (Wildman–Crippen LogP) is 1.08. The largest absolute Gasteiger partial charge is 0.399 e. The highest BCUT2D eigenvalue weighted by atomic mass is 16.3. The number of aromatic nitrogens is 2. The first-order valence-corrected chi connectivity index (χ1v) is 6.58. The Balaban J connectivity index is 2.20. The van der Waals surface area contributed by atoms with Gasteiger partial charge in [-0.1, -0.05) is 6.08 Å². The van der Waals surface area contributed by atoms with E-state index in [2.05, 4.69) is 11.7 Å². The molecule has 0 atom stereocenters. The smallest absolute Gasteiger partial charge is 0.274 e. The average molecular weight is 286 g/mol. The Morgan fingerprint density at radius 3 is 2.71 bits per heavy atom. The van der Waals surface area contributed by atoms with Crippen molar-refractivity contribution in [2.24, 2.45) is 0 Å². The number of aliphatic hydroxyl groups excluding tert-OH is 1. The summed E-state index contributed by atoms with van der Waals surface area (Å²) in [5, 5.41) is 13.3. The van der Waals surface area contributed by atoms with Crippen LogP contribution in [0.5, 0.6) is 0 Å². The molecule has 2 rings (SSSR count). The van der Waals surface area contributed by atoms with Gasteiger partial charge in [0, 0.05) is 25.0 Å². The van der Waals surface area contributed by atoms with Crippen molar-refractivity contribution in [3.63, 3.8) is 0 Å². The van der Waals surface area contributed by atoms with Gasteiger partial charge in [0.15, 0.2) is 5.69 Å². The maximum Gasteiger partial charge on any atom is 0.274 e. The van der Waals surface area contributed by atoms with E-state index in [0.717, 1.165) is 5.69 Å². The van der Waals surface area contributed by atoms with Crippen LogP contribution < -0.4 is 5.73 Å². The number of carbonyl (C=O) groups excluding carboxylic acids is 1. The molecule has 0 aliphatic heterocycles. The van der Waals surface area contributed by atoms with Crippen LogP contribution in [0.2, 0.25) is 0 Å². The first-order valence-electron chi connectivity index (χ1n) is 6.58. The molecule has 0 aliphatic carbocycles. The molecule has 0 aliphatic rings. The number of amides is 1. The number of rotatable bonds is 6. The Morgan fingerprint density at radius 1 is 1.38 bits per heavy atom. The maximum absolute atomic E-state index is 12.3. The van der Waals surface area contributed by atoms with Gasteiger partial charge in [-0.05, 0) is 30.3 Å². The normalized spacial score (nSPS) is 10.3. The summed E-state index contributed by atoms with van der Waals surface area (Å²) < 4.78 is 1.61. The van der Waals surface area contributed by atoms with Crippen molar-refractivity contribution in [3.8, 4) is 5.69 Å². The number of benzene rings is 1. The van der Waals surface area contributed by atoms with Crippen LogP contribution in [-0.2, 0) is 0 Å². The third-order valence-electron chi connectivity index (χ3n) is 2.97. The fraction of sp³-hybridized carbons (Fsp3) is 0.200.